The minimum atomic E-state index is -0.0383. The molecule has 36 heavy (non-hydrogen) atoms. The Morgan fingerprint density at radius 2 is 1.61 bits per heavy atom. The topological polar surface area (TPSA) is 45.2 Å². The number of hydrogen-bond acceptors (Lipinski definition) is 3. The number of carbonyl (C=O) groups is 1. The molecule has 0 saturated carbocycles. The highest BCUT2D eigenvalue weighted by molar-refractivity contribution is 5.91. The minimum absolute atomic E-state index is 0.0383. The molecule has 0 atom stereocenters. The molecule has 5 rings (SSSR count). The number of likely N-dealkylation sites (tertiary alicyclic amines) is 1. The van der Waals surface area contributed by atoms with E-state index in [0.29, 0.717) is 11.8 Å². The second-order valence-electron chi connectivity index (χ2n) is 10.2. The Kier molecular flexibility index (Phi) is 8.24. The molecule has 1 fully saturated rings. The zero-order valence-electron chi connectivity index (χ0n) is 21.1. The molecule has 0 bridgehead atoms. The summed E-state index contributed by atoms with van der Waals surface area (Å²) in [7, 11) is 0. The third kappa shape index (κ3) is 6.11. The SMILES string of the molecule is O=C(/C=C\c1cccnc1)NCCCCN1CCC(C2c3ccccc3CCc3ccccc32)CC1. The molecule has 0 radical (unpaired) electrons. The first kappa shape index (κ1) is 24.5. The third-order valence-corrected chi connectivity index (χ3v) is 7.86. The fourth-order valence-electron chi connectivity index (χ4n) is 5.96. The lowest BCUT2D eigenvalue weighted by atomic mass is 9.74. The van der Waals surface area contributed by atoms with Gasteiger partial charge in [0.2, 0.25) is 5.91 Å². The highest BCUT2D eigenvalue weighted by Gasteiger charge is 2.32. The summed E-state index contributed by atoms with van der Waals surface area (Å²) >= 11 is 0. The number of hydrogen-bond donors (Lipinski definition) is 1. The summed E-state index contributed by atoms with van der Waals surface area (Å²) in [6, 6.07) is 22.1. The van der Waals surface area contributed by atoms with Crippen LogP contribution in [0.2, 0.25) is 0 Å². The minimum Gasteiger partial charge on any atom is -0.353 e. The molecule has 1 aliphatic heterocycles. The second kappa shape index (κ2) is 12.1. The number of aryl methyl sites for hydroxylation is 2. The van der Waals surface area contributed by atoms with Gasteiger partial charge < -0.3 is 10.2 Å². The fraction of sp³-hybridized carbons (Fsp3) is 0.375. The highest BCUT2D eigenvalue weighted by Crippen LogP contribution is 2.42. The Morgan fingerprint density at radius 1 is 0.917 bits per heavy atom. The number of aromatic nitrogens is 1. The van der Waals surface area contributed by atoms with E-state index >= 15 is 0 Å². The van der Waals surface area contributed by atoms with E-state index in [4.69, 9.17) is 0 Å². The van der Waals surface area contributed by atoms with Crippen molar-refractivity contribution in [3.05, 3.63) is 107 Å². The first-order valence-electron chi connectivity index (χ1n) is 13.5. The Hall–Kier alpha value is -3.24. The van der Waals surface area contributed by atoms with Crippen LogP contribution in [0.3, 0.4) is 0 Å². The van der Waals surface area contributed by atoms with Crippen molar-refractivity contribution < 1.29 is 4.79 Å². The Labute approximate surface area is 215 Å². The van der Waals surface area contributed by atoms with Crippen molar-refractivity contribution in [2.45, 2.75) is 44.4 Å². The van der Waals surface area contributed by atoms with Gasteiger partial charge in [-0.15, -0.1) is 0 Å². The lowest BCUT2D eigenvalue weighted by Gasteiger charge is -2.37. The quantitative estimate of drug-likeness (QED) is 0.336. The number of unbranched alkanes of at least 4 members (excludes halogenated alkanes) is 1. The third-order valence-electron chi connectivity index (χ3n) is 7.86. The molecule has 1 amide bonds. The van der Waals surface area contributed by atoms with E-state index in [9.17, 15) is 4.79 Å². The summed E-state index contributed by atoms with van der Waals surface area (Å²) in [4.78, 5) is 18.7. The summed E-state index contributed by atoms with van der Waals surface area (Å²) in [6.45, 7) is 4.19. The zero-order valence-corrected chi connectivity index (χ0v) is 21.1. The van der Waals surface area contributed by atoms with Crippen molar-refractivity contribution in [2.75, 3.05) is 26.2 Å². The molecule has 186 valence electrons. The van der Waals surface area contributed by atoms with Crippen LogP contribution in [0.25, 0.3) is 6.08 Å². The van der Waals surface area contributed by atoms with E-state index < -0.39 is 0 Å². The summed E-state index contributed by atoms with van der Waals surface area (Å²) in [5.41, 5.74) is 7.15. The van der Waals surface area contributed by atoms with Crippen molar-refractivity contribution in [2.24, 2.45) is 5.92 Å². The van der Waals surface area contributed by atoms with Crippen molar-refractivity contribution in [1.29, 1.82) is 0 Å². The van der Waals surface area contributed by atoms with Gasteiger partial charge in [-0.2, -0.15) is 0 Å². The molecule has 1 aliphatic carbocycles. The number of piperidine rings is 1. The van der Waals surface area contributed by atoms with Crippen LogP contribution in [0.15, 0.2) is 79.1 Å². The average Bonchev–Trinajstić information content (AvgIpc) is 3.10. The van der Waals surface area contributed by atoms with Crippen LogP contribution in [0.4, 0.5) is 0 Å². The number of fused-ring (bicyclic) bond motifs is 2. The normalized spacial score (nSPS) is 16.9. The number of pyridine rings is 1. The van der Waals surface area contributed by atoms with Gasteiger partial charge in [0.15, 0.2) is 0 Å². The zero-order chi connectivity index (χ0) is 24.6. The van der Waals surface area contributed by atoms with E-state index in [0.717, 1.165) is 44.3 Å². The van der Waals surface area contributed by atoms with Gasteiger partial charge in [0.25, 0.3) is 0 Å². The molecule has 1 aromatic heterocycles. The molecular weight excluding hydrogens is 442 g/mol. The average molecular weight is 480 g/mol. The van der Waals surface area contributed by atoms with Crippen molar-refractivity contribution in [3.63, 3.8) is 0 Å². The maximum atomic E-state index is 12.0. The largest absolute Gasteiger partial charge is 0.353 e. The number of rotatable bonds is 8. The predicted molar refractivity (Wildman–Crippen MR) is 147 cm³/mol. The fourth-order valence-corrected chi connectivity index (χ4v) is 5.96. The van der Waals surface area contributed by atoms with Gasteiger partial charge in [-0.05, 0) is 104 Å². The molecule has 1 saturated heterocycles. The van der Waals surface area contributed by atoms with Crippen LogP contribution in [0.1, 0.15) is 59.4 Å². The molecule has 2 aromatic carbocycles. The molecule has 0 unspecified atom stereocenters. The summed E-state index contributed by atoms with van der Waals surface area (Å²) in [5.74, 6) is 1.19. The number of benzene rings is 2. The first-order valence-corrected chi connectivity index (χ1v) is 13.5. The van der Waals surface area contributed by atoms with Gasteiger partial charge in [0, 0.05) is 30.9 Å². The predicted octanol–water partition coefficient (Wildman–Crippen LogP) is 5.63. The van der Waals surface area contributed by atoms with Crippen LogP contribution in [-0.2, 0) is 17.6 Å². The maximum Gasteiger partial charge on any atom is 0.243 e. The van der Waals surface area contributed by atoms with E-state index in [2.05, 4.69) is 63.7 Å². The van der Waals surface area contributed by atoms with Crippen molar-refractivity contribution in [1.82, 2.24) is 15.2 Å². The van der Waals surface area contributed by atoms with Crippen LogP contribution in [0, 0.1) is 5.92 Å². The van der Waals surface area contributed by atoms with E-state index in [-0.39, 0.29) is 5.91 Å². The number of nitrogens with one attached hydrogen (secondary N) is 1. The van der Waals surface area contributed by atoms with Crippen LogP contribution < -0.4 is 5.32 Å². The van der Waals surface area contributed by atoms with Gasteiger partial charge >= 0.3 is 0 Å². The van der Waals surface area contributed by atoms with Gasteiger partial charge in [-0.1, -0.05) is 54.6 Å². The number of carbonyl (C=O) groups excluding carboxylic acids is 1. The first-order chi connectivity index (χ1) is 17.8. The summed E-state index contributed by atoms with van der Waals surface area (Å²) in [5, 5.41) is 3.00. The standard InChI is InChI=1S/C32H37N3O/c36-31(16-13-25-8-7-19-33-24-25)34-20-5-6-21-35-22-17-28(18-23-35)32-29-11-3-1-9-26(29)14-15-27-10-2-4-12-30(27)32/h1-4,7-13,16,19,24,28,32H,5-6,14-15,17-18,20-23H2,(H,34,36)/b16-13-. The Balaban J connectivity index is 1.08. The summed E-state index contributed by atoms with van der Waals surface area (Å²) < 4.78 is 0. The second-order valence-corrected chi connectivity index (χ2v) is 10.2. The Bertz CT molecular complexity index is 1120. The lowest BCUT2D eigenvalue weighted by Crippen LogP contribution is -2.37. The van der Waals surface area contributed by atoms with Gasteiger partial charge in [0.1, 0.15) is 0 Å². The monoisotopic (exact) mass is 479 g/mol. The maximum absolute atomic E-state index is 12.0. The van der Waals surface area contributed by atoms with Crippen LogP contribution >= 0.6 is 0 Å². The van der Waals surface area contributed by atoms with Gasteiger partial charge in [-0.3, -0.25) is 9.78 Å². The van der Waals surface area contributed by atoms with Gasteiger partial charge in [0.05, 0.1) is 0 Å². The smallest absolute Gasteiger partial charge is 0.243 e. The molecule has 2 heterocycles. The van der Waals surface area contributed by atoms with Crippen LogP contribution in [-0.4, -0.2) is 42.0 Å². The molecular formula is C32H37N3O. The number of nitrogens with zero attached hydrogens (tertiary/aromatic N) is 2. The van der Waals surface area contributed by atoms with E-state index in [1.807, 2.05) is 12.1 Å². The molecule has 4 heteroatoms. The Morgan fingerprint density at radius 3 is 2.28 bits per heavy atom. The lowest BCUT2D eigenvalue weighted by molar-refractivity contribution is -0.116. The molecule has 1 N–H and O–H groups in total. The van der Waals surface area contributed by atoms with Crippen LogP contribution in [0.5, 0.6) is 0 Å². The molecule has 2 aliphatic rings. The van der Waals surface area contributed by atoms with Crippen molar-refractivity contribution in [3.8, 4) is 0 Å². The van der Waals surface area contributed by atoms with Crippen molar-refractivity contribution >= 4 is 12.0 Å². The van der Waals surface area contributed by atoms with Gasteiger partial charge in [-0.25, -0.2) is 0 Å². The molecule has 0 spiro atoms. The molecule has 4 nitrogen and oxygen atoms in total. The summed E-state index contributed by atoms with van der Waals surface area (Å²) in [6.07, 6.45) is 13.8. The molecule has 3 aromatic rings. The highest BCUT2D eigenvalue weighted by atomic mass is 16.1. The van der Waals surface area contributed by atoms with E-state index in [1.54, 1.807) is 46.8 Å². The van der Waals surface area contributed by atoms with E-state index in [1.165, 1.54) is 25.9 Å². The number of amides is 1.